The van der Waals surface area contributed by atoms with E-state index in [0.717, 1.165) is 12.0 Å². The Bertz CT molecular complexity index is 819. The smallest absolute Gasteiger partial charge is 0.229 e. The van der Waals surface area contributed by atoms with E-state index < -0.39 is 5.41 Å². The minimum atomic E-state index is -0.569. The van der Waals surface area contributed by atoms with Crippen LogP contribution < -0.4 is 0 Å². The van der Waals surface area contributed by atoms with Gasteiger partial charge in [0.1, 0.15) is 6.07 Å². The van der Waals surface area contributed by atoms with E-state index in [2.05, 4.69) is 6.07 Å². The maximum Gasteiger partial charge on any atom is 0.229 e. The third-order valence-corrected chi connectivity index (χ3v) is 5.91. The number of hydrogen-bond donors (Lipinski definition) is 0. The Morgan fingerprint density at radius 1 is 1.31 bits per heavy atom. The standard InChI is InChI=1S/C21H23ClN2O2/c1-14(15-4-6-17(22)7-5-15)19(26)24-9-8-21(13-24)10-16(11-23)18(25)20(2,3)12-21/h4-7,10,14H,8-9,12-13H2,1-3H3. The van der Waals surface area contributed by atoms with Gasteiger partial charge in [-0.3, -0.25) is 9.59 Å². The van der Waals surface area contributed by atoms with Gasteiger partial charge >= 0.3 is 0 Å². The molecule has 0 saturated carbocycles. The monoisotopic (exact) mass is 370 g/mol. The topological polar surface area (TPSA) is 61.2 Å². The van der Waals surface area contributed by atoms with Crippen molar-refractivity contribution in [1.82, 2.24) is 4.90 Å². The molecule has 1 aromatic rings. The van der Waals surface area contributed by atoms with Crippen LogP contribution in [0.25, 0.3) is 0 Å². The molecule has 4 nitrogen and oxygen atoms in total. The molecule has 136 valence electrons. The normalized spacial score (nSPS) is 25.7. The van der Waals surface area contributed by atoms with Crippen molar-refractivity contribution in [3.63, 3.8) is 0 Å². The zero-order valence-corrected chi connectivity index (χ0v) is 16.1. The zero-order valence-electron chi connectivity index (χ0n) is 15.4. The minimum Gasteiger partial charge on any atom is -0.341 e. The quantitative estimate of drug-likeness (QED) is 0.787. The lowest BCUT2D eigenvalue weighted by molar-refractivity contribution is -0.131. The van der Waals surface area contributed by atoms with Crippen molar-refractivity contribution in [2.24, 2.45) is 10.8 Å². The van der Waals surface area contributed by atoms with Gasteiger partial charge in [0.15, 0.2) is 5.78 Å². The van der Waals surface area contributed by atoms with Crippen LogP contribution >= 0.6 is 11.6 Å². The molecule has 3 rings (SSSR count). The first-order chi connectivity index (χ1) is 12.2. The maximum absolute atomic E-state index is 13.0. The number of halogens is 1. The van der Waals surface area contributed by atoms with Crippen molar-refractivity contribution in [2.45, 2.75) is 39.5 Å². The molecule has 26 heavy (non-hydrogen) atoms. The molecule has 0 N–H and O–H groups in total. The predicted molar refractivity (Wildman–Crippen MR) is 101 cm³/mol. The zero-order chi connectivity index (χ0) is 19.1. The van der Waals surface area contributed by atoms with E-state index in [-0.39, 0.29) is 28.6 Å². The molecule has 0 bridgehead atoms. The van der Waals surface area contributed by atoms with Crippen LogP contribution in [-0.2, 0) is 9.59 Å². The lowest BCUT2D eigenvalue weighted by atomic mass is 9.64. The number of ketones is 1. The van der Waals surface area contributed by atoms with Crippen LogP contribution in [0.1, 0.15) is 45.1 Å². The molecular formula is C21H23ClN2O2. The van der Waals surface area contributed by atoms with Gasteiger partial charge in [-0.25, -0.2) is 0 Å². The summed E-state index contributed by atoms with van der Waals surface area (Å²) in [5.41, 5.74) is 0.326. The summed E-state index contributed by atoms with van der Waals surface area (Å²) in [7, 11) is 0. The summed E-state index contributed by atoms with van der Waals surface area (Å²) < 4.78 is 0. The van der Waals surface area contributed by atoms with Crippen LogP contribution in [0.4, 0.5) is 0 Å². The lowest BCUT2D eigenvalue weighted by Crippen LogP contribution is -2.41. The fourth-order valence-electron chi connectivity index (χ4n) is 4.34. The van der Waals surface area contributed by atoms with Gasteiger partial charge in [0.2, 0.25) is 5.91 Å². The summed E-state index contributed by atoms with van der Waals surface area (Å²) in [6.07, 6.45) is 3.28. The van der Waals surface area contributed by atoms with Crippen molar-refractivity contribution in [3.05, 3.63) is 46.5 Å². The van der Waals surface area contributed by atoms with E-state index in [4.69, 9.17) is 11.6 Å². The second kappa shape index (κ2) is 6.55. The molecule has 2 aliphatic rings. The van der Waals surface area contributed by atoms with Gasteiger partial charge in [-0.2, -0.15) is 5.26 Å². The molecule has 5 heteroatoms. The molecule has 1 saturated heterocycles. The third-order valence-electron chi connectivity index (χ3n) is 5.66. The van der Waals surface area contributed by atoms with Crippen LogP contribution in [0.15, 0.2) is 35.9 Å². The average Bonchev–Trinajstić information content (AvgIpc) is 3.00. The van der Waals surface area contributed by atoms with Gasteiger partial charge in [-0.1, -0.05) is 43.7 Å². The number of benzene rings is 1. The van der Waals surface area contributed by atoms with Gasteiger partial charge in [0.25, 0.3) is 0 Å². The Morgan fingerprint density at radius 2 is 1.96 bits per heavy atom. The number of amides is 1. The highest BCUT2D eigenvalue weighted by Gasteiger charge is 2.49. The van der Waals surface area contributed by atoms with Crippen molar-refractivity contribution in [2.75, 3.05) is 13.1 Å². The van der Waals surface area contributed by atoms with Crippen LogP contribution in [-0.4, -0.2) is 29.7 Å². The molecule has 1 aliphatic heterocycles. The van der Waals surface area contributed by atoms with Crippen LogP contribution in [0.2, 0.25) is 5.02 Å². The highest BCUT2D eigenvalue weighted by atomic mass is 35.5. The molecule has 1 heterocycles. The number of Topliss-reactive ketones (excluding diaryl/α,β-unsaturated/α-hetero) is 1. The molecule has 1 amide bonds. The van der Waals surface area contributed by atoms with E-state index >= 15 is 0 Å². The number of rotatable bonds is 2. The molecule has 2 atom stereocenters. The molecule has 0 aromatic heterocycles. The van der Waals surface area contributed by atoms with Gasteiger partial charge < -0.3 is 4.90 Å². The second-order valence-corrected chi connectivity index (χ2v) is 8.64. The highest BCUT2D eigenvalue weighted by molar-refractivity contribution is 6.30. The fourth-order valence-corrected chi connectivity index (χ4v) is 4.47. The van der Waals surface area contributed by atoms with Crippen molar-refractivity contribution < 1.29 is 9.59 Å². The molecule has 1 spiro atoms. The predicted octanol–water partition coefficient (Wildman–Crippen LogP) is 4.11. The molecule has 1 aliphatic carbocycles. The minimum absolute atomic E-state index is 0.0748. The van der Waals surface area contributed by atoms with E-state index in [1.165, 1.54) is 0 Å². The first-order valence-electron chi connectivity index (χ1n) is 8.89. The fraction of sp³-hybridized carbons (Fsp3) is 0.476. The Hall–Kier alpha value is -2.12. The average molecular weight is 371 g/mol. The van der Waals surface area contributed by atoms with E-state index in [9.17, 15) is 14.9 Å². The second-order valence-electron chi connectivity index (χ2n) is 8.21. The summed E-state index contributed by atoms with van der Waals surface area (Å²) in [5, 5.41) is 9.99. The largest absolute Gasteiger partial charge is 0.341 e. The lowest BCUT2D eigenvalue weighted by Gasteiger charge is -2.38. The first-order valence-corrected chi connectivity index (χ1v) is 9.27. The van der Waals surface area contributed by atoms with E-state index in [1.54, 1.807) is 12.1 Å². The number of hydrogen-bond acceptors (Lipinski definition) is 3. The summed E-state index contributed by atoms with van der Waals surface area (Å²) >= 11 is 5.93. The van der Waals surface area contributed by atoms with Crippen LogP contribution in [0, 0.1) is 22.2 Å². The molecule has 2 unspecified atom stereocenters. The Balaban J connectivity index is 1.80. The highest BCUT2D eigenvalue weighted by Crippen LogP contribution is 2.48. The number of nitrogens with zero attached hydrogens (tertiary/aromatic N) is 2. The summed E-state index contributed by atoms with van der Waals surface area (Å²) in [6.45, 7) is 6.90. The number of carbonyl (C=O) groups is 2. The Kier molecular flexibility index (Phi) is 4.71. The van der Waals surface area contributed by atoms with E-state index in [0.29, 0.717) is 24.5 Å². The number of likely N-dealkylation sites (tertiary alicyclic amines) is 1. The maximum atomic E-state index is 13.0. The summed E-state index contributed by atoms with van der Waals surface area (Å²) in [6, 6.07) is 9.41. The molecule has 0 radical (unpaired) electrons. The van der Waals surface area contributed by atoms with Crippen molar-refractivity contribution in [3.8, 4) is 6.07 Å². The third kappa shape index (κ3) is 3.29. The molecular weight excluding hydrogens is 348 g/mol. The van der Waals surface area contributed by atoms with E-state index in [1.807, 2.05) is 43.9 Å². The van der Waals surface area contributed by atoms with Gasteiger partial charge in [0, 0.05) is 28.9 Å². The SMILES string of the molecule is CC(C(=O)N1CCC2(C=C(C#N)C(=O)C(C)(C)C2)C1)c1ccc(Cl)cc1. The van der Waals surface area contributed by atoms with Crippen molar-refractivity contribution in [1.29, 1.82) is 5.26 Å². The first kappa shape index (κ1) is 18.7. The Labute approximate surface area is 159 Å². The number of nitriles is 1. The van der Waals surface area contributed by atoms with Crippen molar-refractivity contribution >= 4 is 23.3 Å². The van der Waals surface area contributed by atoms with Gasteiger partial charge in [-0.05, 0) is 37.5 Å². The number of allylic oxidation sites excluding steroid dienone is 1. The van der Waals surface area contributed by atoms with Crippen LogP contribution in [0.3, 0.4) is 0 Å². The molecule has 1 fully saturated rings. The number of carbonyl (C=O) groups excluding carboxylic acids is 2. The Morgan fingerprint density at radius 3 is 2.58 bits per heavy atom. The van der Waals surface area contributed by atoms with Gasteiger partial charge in [-0.15, -0.1) is 0 Å². The summed E-state index contributed by atoms with van der Waals surface area (Å²) in [5.74, 6) is -0.268. The molecule has 1 aromatic carbocycles. The summed E-state index contributed by atoms with van der Waals surface area (Å²) in [4.78, 5) is 27.2. The van der Waals surface area contributed by atoms with Crippen LogP contribution in [0.5, 0.6) is 0 Å². The van der Waals surface area contributed by atoms with Gasteiger partial charge in [0.05, 0.1) is 11.5 Å².